The Morgan fingerprint density at radius 3 is 2.59 bits per heavy atom. The Bertz CT molecular complexity index is 546. The zero-order valence-corrected chi connectivity index (χ0v) is 10.9. The summed E-state index contributed by atoms with van der Waals surface area (Å²) in [6.07, 6.45) is 1.02. The summed E-state index contributed by atoms with van der Waals surface area (Å²) in [4.78, 5) is 13.8. The van der Waals surface area contributed by atoms with Gasteiger partial charge in [0, 0.05) is 13.2 Å². The largest absolute Gasteiger partial charge is 0.480 e. The molecule has 1 aromatic rings. The third-order valence-corrected chi connectivity index (χ3v) is 4.29. The highest BCUT2D eigenvalue weighted by Crippen LogP contribution is 2.23. The van der Waals surface area contributed by atoms with Gasteiger partial charge in [-0.05, 0) is 6.07 Å². The Hall–Kier alpha value is -0.890. The van der Waals surface area contributed by atoms with Gasteiger partial charge in [0.25, 0.3) is 0 Å². The summed E-state index contributed by atoms with van der Waals surface area (Å²) in [5.41, 5.74) is 0. The summed E-state index contributed by atoms with van der Waals surface area (Å²) >= 11 is 11.2. The van der Waals surface area contributed by atoms with Gasteiger partial charge in [0.1, 0.15) is 16.6 Å². The molecular formula is C8H8Cl2N2O4S. The molecule has 6 nitrogen and oxygen atoms in total. The van der Waals surface area contributed by atoms with Crippen LogP contribution in [0.1, 0.15) is 0 Å². The van der Waals surface area contributed by atoms with Crippen molar-refractivity contribution in [3.05, 3.63) is 22.4 Å². The predicted octanol–water partition coefficient (Wildman–Crippen LogP) is 1.09. The number of rotatable bonds is 4. The number of carboxylic acids is 1. The van der Waals surface area contributed by atoms with Crippen molar-refractivity contribution >= 4 is 39.2 Å². The molecular weight excluding hydrogens is 291 g/mol. The van der Waals surface area contributed by atoms with Crippen molar-refractivity contribution in [2.75, 3.05) is 13.6 Å². The van der Waals surface area contributed by atoms with E-state index in [2.05, 4.69) is 4.98 Å². The third kappa shape index (κ3) is 3.29. The molecule has 0 saturated carbocycles. The average molecular weight is 299 g/mol. The minimum atomic E-state index is -3.93. The molecule has 1 rings (SSSR count). The smallest absolute Gasteiger partial charge is 0.318 e. The number of aliphatic carboxylic acids is 1. The first-order valence-electron chi connectivity index (χ1n) is 4.24. The van der Waals surface area contributed by atoms with Crippen molar-refractivity contribution in [1.82, 2.24) is 9.29 Å². The lowest BCUT2D eigenvalue weighted by Gasteiger charge is -2.14. The van der Waals surface area contributed by atoms with E-state index >= 15 is 0 Å². The van der Waals surface area contributed by atoms with E-state index in [4.69, 9.17) is 28.3 Å². The first-order valence-corrected chi connectivity index (χ1v) is 6.44. The summed E-state index contributed by atoms with van der Waals surface area (Å²) in [6, 6.07) is 1.12. The fourth-order valence-electron chi connectivity index (χ4n) is 1.00. The first-order chi connectivity index (χ1) is 7.75. The predicted molar refractivity (Wildman–Crippen MR) is 61.7 cm³/mol. The second kappa shape index (κ2) is 5.18. The Morgan fingerprint density at radius 2 is 2.12 bits per heavy atom. The van der Waals surface area contributed by atoms with E-state index in [-0.39, 0.29) is 15.1 Å². The quantitative estimate of drug-likeness (QED) is 0.841. The number of likely N-dealkylation sites (N-methyl/N-ethyl adjacent to an activating group) is 1. The van der Waals surface area contributed by atoms with E-state index in [9.17, 15) is 13.2 Å². The molecule has 1 N–H and O–H groups in total. The molecule has 1 aromatic heterocycles. The zero-order valence-electron chi connectivity index (χ0n) is 8.59. The van der Waals surface area contributed by atoms with Gasteiger partial charge in [0.05, 0.1) is 5.02 Å². The van der Waals surface area contributed by atoms with Crippen molar-refractivity contribution in [1.29, 1.82) is 0 Å². The van der Waals surface area contributed by atoms with E-state index in [1.165, 1.54) is 0 Å². The molecule has 0 amide bonds. The van der Waals surface area contributed by atoms with Crippen molar-refractivity contribution in [2.24, 2.45) is 0 Å². The minimum Gasteiger partial charge on any atom is -0.480 e. The van der Waals surface area contributed by atoms with E-state index in [1.807, 2.05) is 0 Å². The third-order valence-electron chi connectivity index (χ3n) is 1.84. The Morgan fingerprint density at radius 1 is 1.53 bits per heavy atom. The number of hydrogen-bond donors (Lipinski definition) is 1. The summed E-state index contributed by atoms with van der Waals surface area (Å²) < 4.78 is 24.4. The minimum absolute atomic E-state index is 0.0172. The number of pyridine rings is 1. The molecule has 0 aliphatic rings. The van der Waals surface area contributed by atoms with Crippen LogP contribution in [-0.2, 0) is 14.8 Å². The molecule has 1 heterocycles. The lowest BCUT2D eigenvalue weighted by molar-refractivity contribution is -0.137. The van der Waals surface area contributed by atoms with Gasteiger partial charge >= 0.3 is 5.97 Å². The van der Waals surface area contributed by atoms with Gasteiger partial charge in [-0.2, -0.15) is 4.31 Å². The summed E-state index contributed by atoms with van der Waals surface area (Å²) in [7, 11) is -2.78. The molecule has 0 bridgehead atoms. The van der Waals surface area contributed by atoms with Crippen LogP contribution in [0.5, 0.6) is 0 Å². The van der Waals surface area contributed by atoms with Crippen molar-refractivity contribution < 1.29 is 18.3 Å². The molecule has 0 saturated heterocycles. The fraction of sp³-hybridized carbons (Fsp3) is 0.250. The molecule has 0 aliphatic carbocycles. The van der Waals surface area contributed by atoms with Crippen molar-refractivity contribution in [2.45, 2.75) is 4.90 Å². The molecule has 9 heteroatoms. The van der Waals surface area contributed by atoms with Gasteiger partial charge < -0.3 is 5.11 Å². The monoisotopic (exact) mass is 298 g/mol. The van der Waals surface area contributed by atoms with E-state index in [0.29, 0.717) is 4.31 Å². The van der Waals surface area contributed by atoms with Crippen molar-refractivity contribution in [3.63, 3.8) is 0 Å². The number of halogens is 2. The standard InChI is InChI=1S/C8H8Cl2N2O4S/c1-12(4-7(13)14)17(15,16)5-2-6(9)8(10)11-3-5/h2-3H,4H2,1H3,(H,13,14). The van der Waals surface area contributed by atoms with Crippen LogP contribution >= 0.6 is 23.2 Å². The highest BCUT2D eigenvalue weighted by molar-refractivity contribution is 7.89. The number of carbonyl (C=O) groups is 1. The summed E-state index contributed by atoms with van der Waals surface area (Å²) in [5.74, 6) is -1.26. The molecule has 94 valence electrons. The second-order valence-electron chi connectivity index (χ2n) is 3.10. The van der Waals surface area contributed by atoms with Crippen LogP contribution in [0.15, 0.2) is 17.2 Å². The molecule has 0 aliphatic heterocycles. The molecule has 0 unspecified atom stereocenters. The van der Waals surface area contributed by atoms with Crippen LogP contribution in [0.25, 0.3) is 0 Å². The van der Waals surface area contributed by atoms with E-state index < -0.39 is 22.5 Å². The zero-order chi connectivity index (χ0) is 13.2. The number of nitrogens with zero attached hydrogens (tertiary/aromatic N) is 2. The van der Waals surface area contributed by atoms with Gasteiger partial charge in [-0.3, -0.25) is 4.79 Å². The molecule has 0 aromatic carbocycles. The van der Waals surface area contributed by atoms with Gasteiger partial charge in [-0.15, -0.1) is 0 Å². The van der Waals surface area contributed by atoms with Crippen LogP contribution in [0.3, 0.4) is 0 Å². The van der Waals surface area contributed by atoms with Gasteiger partial charge in [0.2, 0.25) is 10.0 Å². The molecule has 0 atom stereocenters. The van der Waals surface area contributed by atoms with Crippen LogP contribution in [0, 0.1) is 0 Å². The molecule has 0 spiro atoms. The normalized spacial score (nSPS) is 11.8. The Kier molecular flexibility index (Phi) is 4.31. The molecule has 0 radical (unpaired) electrons. The second-order valence-corrected chi connectivity index (χ2v) is 5.91. The maximum Gasteiger partial charge on any atom is 0.318 e. The lowest BCUT2D eigenvalue weighted by Crippen LogP contribution is -2.32. The SMILES string of the molecule is CN(CC(=O)O)S(=O)(=O)c1cnc(Cl)c(Cl)c1. The molecule has 0 fully saturated rings. The molecule has 17 heavy (non-hydrogen) atoms. The van der Waals surface area contributed by atoms with Gasteiger partial charge in [-0.25, -0.2) is 13.4 Å². The number of aromatic nitrogens is 1. The van der Waals surface area contributed by atoms with Gasteiger partial charge in [0.15, 0.2) is 0 Å². The summed E-state index contributed by atoms with van der Waals surface area (Å²) in [5, 5.41) is 8.49. The Labute approximate surface area is 108 Å². The van der Waals surface area contributed by atoms with Crippen LogP contribution in [-0.4, -0.2) is 42.4 Å². The first kappa shape index (κ1) is 14.2. The maximum absolute atomic E-state index is 11.9. The summed E-state index contributed by atoms with van der Waals surface area (Å²) in [6.45, 7) is -0.650. The topological polar surface area (TPSA) is 87.6 Å². The lowest BCUT2D eigenvalue weighted by atomic mass is 10.5. The van der Waals surface area contributed by atoms with E-state index in [0.717, 1.165) is 19.3 Å². The maximum atomic E-state index is 11.9. The van der Waals surface area contributed by atoms with Gasteiger partial charge in [-0.1, -0.05) is 23.2 Å². The van der Waals surface area contributed by atoms with Crippen molar-refractivity contribution in [3.8, 4) is 0 Å². The van der Waals surface area contributed by atoms with Crippen LogP contribution in [0.2, 0.25) is 10.2 Å². The van der Waals surface area contributed by atoms with Crippen LogP contribution in [0.4, 0.5) is 0 Å². The van der Waals surface area contributed by atoms with E-state index in [1.54, 1.807) is 0 Å². The highest BCUT2D eigenvalue weighted by atomic mass is 35.5. The Balaban J connectivity index is 3.13. The number of sulfonamides is 1. The van der Waals surface area contributed by atoms with Crippen LogP contribution < -0.4 is 0 Å². The fourth-order valence-corrected chi connectivity index (χ4v) is 2.43. The number of hydrogen-bond acceptors (Lipinski definition) is 4. The highest BCUT2D eigenvalue weighted by Gasteiger charge is 2.23. The average Bonchev–Trinajstić information content (AvgIpc) is 2.20. The number of carboxylic acid groups (broad SMARTS) is 1.